The maximum Gasteiger partial charge on any atom is 0.244 e. The first-order chi connectivity index (χ1) is 8.90. The second-order valence-corrected chi connectivity index (χ2v) is 5.28. The molecule has 0 saturated carbocycles. The molecule has 0 aliphatic heterocycles. The Balaban J connectivity index is 2.64. The molecule has 0 bridgehead atoms. The summed E-state index contributed by atoms with van der Waals surface area (Å²) in [5.41, 5.74) is 0.615. The number of carbonyl (C=O) groups is 1. The molecule has 1 rings (SSSR count). The molecule has 0 radical (unpaired) electrons. The van der Waals surface area contributed by atoms with Crippen LogP contribution in [0.1, 0.15) is 25.8 Å². The van der Waals surface area contributed by atoms with Gasteiger partial charge in [0.15, 0.2) is 0 Å². The van der Waals surface area contributed by atoms with Gasteiger partial charge in [-0.2, -0.15) is 0 Å². The lowest BCUT2D eigenvalue weighted by molar-refractivity contribution is -0.117. The summed E-state index contributed by atoms with van der Waals surface area (Å²) < 4.78 is 0. The molecule has 0 fully saturated rings. The van der Waals surface area contributed by atoms with Crippen LogP contribution in [-0.2, 0) is 4.79 Å². The van der Waals surface area contributed by atoms with Crippen molar-refractivity contribution in [3.05, 3.63) is 39.9 Å². The Bertz CT molecular complexity index is 452. The van der Waals surface area contributed by atoms with Crippen LogP contribution < -0.4 is 5.32 Å². The van der Waals surface area contributed by atoms with Crippen molar-refractivity contribution in [2.24, 2.45) is 0 Å². The van der Waals surface area contributed by atoms with E-state index in [1.165, 1.54) is 6.08 Å². The Kier molecular flexibility index (Phi) is 6.35. The molecule has 2 unspecified atom stereocenters. The van der Waals surface area contributed by atoms with E-state index in [1.807, 2.05) is 6.92 Å². The predicted octanol–water partition coefficient (Wildman–Crippen LogP) is 3.28. The first-order valence-electron chi connectivity index (χ1n) is 6.00. The fraction of sp³-hybridized carbons (Fsp3) is 0.357. The van der Waals surface area contributed by atoms with Crippen LogP contribution in [-0.4, -0.2) is 23.2 Å². The van der Waals surface area contributed by atoms with Crippen LogP contribution in [0.5, 0.6) is 0 Å². The third-order valence-electron chi connectivity index (χ3n) is 2.48. The third kappa shape index (κ3) is 5.64. The van der Waals surface area contributed by atoms with E-state index < -0.39 is 6.10 Å². The molecular weight excluding hydrogens is 285 g/mol. The lowest BCUT2D eigenvalue weighted by Crippen LogP contribution is -2.33. The number of hydrogen-bond acceptors (Lipinski definition) is 2. The van der Waals surface area contributed by atoms with Crippen molar-refractivity contribution in [3.8, 4) is 0 Å². The van der Waals surface area contributed by atoms with E-state index >= 15 is 0 Å². The highest BCUT2D eigenvalue weighted by Gasteiger charge is 2.08. The Labute approximate surface area is 123 Å². The molecular formula is C14H17Cl2NO2. The zero-order valence-corrected chi connectivity index (χ0v) is 12.4. The Morgan fingerprint density at radius 1 is 1.37 bits per heavy atom. The molecule has 0 aliphatic rings. The maximum absolute atomic E-state index is 11.7. The van der Waals surface area contributed by atoms with E-state index in [0.717, 1.165) is 0 Å². The summed E-state index contributed by atoms with van der Waals surface area (Å²) in [6.07, 6.45) is 3.02. The quantitative estimate of drug-likeness (QED) is 0.820. The van der Waals surface area contributed by atoms with Gasteiger partial charge in [0.2, 0.25) is 5.91 Å². The molecule has 0 aromatic heterocycles. The van der Waals surface area contributed by atoms with E-state index in [4.69, 9.17) is 23.2 Å². The van der Waals surface area contributed by atoms with E-state index in [9.17, 15) is 9.90 Å². The van der Waals surface area contributed by atoms with Gasteiger partial charge >= 0.3 is 0 Å². The van der Waals surface area contributed by atoms with Gasteiger partial charge in [-0.3, -0.25) is 4.79 Å². The van der Waals surface area contributed by atoms with E-state index in [-0.39, 0.29) is 11.9 Å². The molecule has 2 N–H and O–H groups in total. The van der Waals surface area contributed by atoms with E-state index in [0.29, 0.717) is 22.0 Å². The third-order valence-corrected chi connectivity index (χ3v) is 3.14. The number of hydrogen-bond donors (Lipinski definition) is 2. The Morgan fingerprint density at radius 3 is 2.47 bits per heavy atom. The molecule has 1 aromatic rings. The highest BCUT2D eigenvalue weighted by Crippen LogP contribution is 2.25. The monoisotopic (exact) mass is 301 g/mol. The van der Waals surface area contributed by atoms with Crippen molar-refractivity contribution in [1.82, 2.24) is 5.32 Å². The summed E-state index contributed by atoms with van der Waals surface area (Å²) in [7, 11) is 0. The maximum atomic E-state index is 11.7. The smallest absolute Gasteiger partial charge is 0.244 e. The van der Waals surface area contributed by atoms with E-state index in [2.05, 4.69) is 5.32 Å². The summed E-state index contributed by atoms with van der Waals surface area (Å²) in [6, 6.07) is 5.06. The van der Waals surface area contributed by atoms with Gasteiger partial charge in [0.25, 0.3) is 0 Å². The molecule has 1 amide bonds. The Hall–Kier alpha value is -1.03. The number of rotatable bonds is 5. The second kappa shape index (κ2) is 7.53. The Morgan fingerprint density at radius 2 is 1.95 bits per heavy atom. The van der Waals surface area contributed by atoms with Crippen molar-refractivity contribution >= 4 is 35.2 Å². The number of carbonyl (C=O) groups excluding carboxylic acids is 1. The SMILES string of the molecule is CC(O)CC(C)NC(=O)/C=C/c1c(Cl)cccc1Cl. The summed E-state index contributed by atoms with van der Waals surface area (Å²) in [5.74, 6) is -0.246. The summed E-state index contributed by atoms with van der Waals surface area (Å²) >= 11 is 12.0. The van der Waals surface area contributed by atoms with Gasteiger partial charge in [-0.05, 0) is 38.5 Å². The van der Waals surface area contributed by atoms with Crippen molar-refractivity contribution < 1.29 is 9.90 Å². The average molecular weight is 302 g/mol. The molecule has 0 spiro atoms. The summed E-state index contributed by atoms with van der Waals surface area (Å²) in [4.78, 5) is 11.7. The highest BCUT2D eigenvalue weighted by atomic mass is 35.5. The van der Waals surface area contributed by atoms with Crippen LogP contribution in [0.15, 0.2) is 24.3 Å². The zero-order valence-electron chi connectivity index (χ0n) is 10.9. The highest BCUT2D eigenvalue weighted by molar-refractivity contribution is 6.37. The normalized spacial score (nSPS) is 14.4. The van der Waals surface area contributed by atoms with Crippen LogP contribution >= 0.6 is 23.2 Å². The van der Waals surface area contributed by atoms with Gasteiger partial charge in [0.1, 0.15) is 0 Å². The van der Waals surface area contributed by atoms with Crippen LogP contribution in [0.25, 0.3) is 6.08 Å². The van der Waals surface area contributed by atoms with Gasteiger partial charge in [-0.25, -0.2) is 0 Å². The first-order valence-corrected chi connectivity index (χ1v) is 6.76. The van der Waals surface area contributed by atoms with Crippen molar-refractivity contribution in [2.75, 3.05) is 0 Å². The zero-order chi connectivity index (χ0) is 14.4. The summed E-state index contributed by atoms with van der Waals surface area (Å²) in [6.45, 7) is 3.52. The molecule has 1 aromatic carbocycles. The number of aliphatic hydroxyl groups is 1. The molecule has 104 valence electrons. The summed E-state index contributed by atoms with van der Waals surface area (Å²) in [5, 5.41) is 12.9. The van der Waals surface area contributed by atoms with Crippen molar-refractivity contribution in [2.45, 2.75) is 32.4 Å². The minimum absolute atomic E-state index is 0.0983. The molecule has 19 heavy (non-hydrogen) atoms. The van der Waals surface area contributed by atoms with Gasteiger partial charge in [0, 0.05) is 27.7 Å². The molecule has 3 nitrogen and oxygen atoms in total. The first kappa shape index (κ1) is 16.0. The molecule has 2 atom stereocenters. The van der Waals surface area contributed by atoms with Gasteiger partial charge in [-0.1, -0.05) is 29.3 Å². The second-order valence-electron chi connectivity index (χ2n) is 4.46. The van der Waals surface area contributed by atoms with Gasteiger partial charge < -0.3 is 10.4 Å². The standard InChI is InChI=1S/C14H17Cl2NO2/c1-9(8-10(2)18)17-14(19)7-6-11-12(15)4-3-5-13(11)16/h3-7,9-10,18H,8H2,1-2H3,(H,17,19)/b7-6+. The molecule has 5 heteroatoms. The number of benzene rings is 1. The fourth-order valence-electron chi connectivity index (χ4n) is 1.69. The topological polar surface area (TPSA) is 49.3 Å². The van der Waals surface area contributed by atoms with Gasteiger partial charge in [-0.15, -0.1) is 0 Å². The number of amides is 1. The van der Waals surface area contributed by atoms with Crippen molar-refractivity contribution in [1.29, 1.82) is 0 Å². The number of nitrogens with one attached hydrogen (secondary N) is 1. The largest absolute Gasteiger partial charge is 0.393 e. The van der Waals surface area contributed by atoms with Crippen molar-refractivity contribution in [3.63, 3.8) is 0 Å². The number of halogens is 2. The molecule has 0 saturated heterocycles. The lowest BCUT2D eigenvalue weighted by atomic mass is 10.1. The lowest BCUT2D eigenvalue weighted by Gasteiger charge is -2.13. The van der Waals surface area contributed by atoms with Crippen LogP contribution in [0.4, 0.5) is 0 Å². The van der Waals surface area contributed by atoms with Crippen LogP contribution in [0, 0.1) is 0 Å². The van der Waals surface area contributed by atoms with E-state index in [1.54, 1.807) is 31.2 Å². The minimum atomic E-state index is -0.447. The minimum Gasteiger partial charge on any atom is -0.393 e. The fourth-order valence-corrected chi connectivity index (χ4v) is 2.21. The van der Waals surface area contributed by atoms with Crippen LogP contribution in [0.2, 0.25) is 10.0 Å². The number of aliphatic hydroxyl groups excluding tert-OH is 1. The molecule has 0 aliphatic carbocycles. The average Bonchev–Trinajstić information content (AvgIpc) is 2.26. The molecule has 0 heterocycles. The van der Waals surface area contributed by atoms with Gasteiger partial charge in [0.05, 0.1) is 6.10 Å². The van der Waals surface area contributed by atoms with Crippen LogP contribution in [0.3, 0.4) is 0 Å². The predicted molar refractivity (Wildman–Crippen MR) is 79.4 cm³/mol.